The highest BCUT2D eigenvalue weighted by atomic mass is 32.1. The van der Waals surface area contributed by atoms with Crippen molar-refractivity contribution in [3.05, 3.63) is 41.1 Å². The van der Waals surface area contributed by atoms with Gasteiger partial charge in [0, 0.05) is 23.7 Å². The Kier molecular flexibility index (Phi) is 5.85. The minimum atomic E-state index is -4.55. The summed E-state index contributed by atoms with van der Waals surface area (Å²) in [6.07, 6.45) is -4.06. The molecule has 1 N–H and O–H groups in total. The number of nitrogens with zero attached hydrogens (tertiary/aromatic N) is 2. The molecule has 0 saturated carbocycles. The van der Waals surface area contributed by atoms with Crippen LogP contribution >= 0.6 is 12.2 Å². The molecule has 0 aliphatic rings. The summed E-state index contributed by atoms with van der Waals surface area (Å²) >= 11 is 5.35. The third-order valence-corrected chi connectivity index (χ3v) is 4.30. The Bertz CT molecular complexity index is 850. The van der Waals surface area contributed by atoms with Crippen LogP contribution in [0.5, 0.6) is 0 Å². The fourth-order valence-electron chi connectivity index (χ4n) is 2.71. The molecule has 0 unspecified atom stereocenters. The van der Waals surface area contributed by atoms with E-state index in [1.807, 2.05) is 13.8 Å². The molecule has 1 aromatic carbocycles. The summed E-state index contributed by atoms with van der Waals surface area (Å²) in [6.45, 7) is 3.54. The molecule has 0 spiro atoms. The van der Waals surface area contributed by atoms with E-state index in [4.69, 9.17) is 17.3 Å². The third-order valence-electron chi connectivity index (χ3n) is 3.76. The first-order valence-corrected chi connectivity index (χ1v) is 8.38. The maximum atomic E-state index is 13.4. The standard InChI is InChI=1S/C18H19F3N2O2S/c1-10(2)7-11-8-13(17(26)23(3)9-15(24)25)12-5-4-6-14(16(12)22-11)18(19,20)21/h4-6,8,10H,7,9H2,1-3H3,(H,24,25). The zero-order valence-corrected chi connectivity index (χ0v) is 15.4. The zero-order valence-electron chi connectivity index (χ0n) is 14.6. The summed E-state index contributed by atoms with van der Waals surface area (Å²) in [5.41, 5.74) is -0.120. The van der Waals surface area contributed by atoms with Crippen molar-refractivity contribution in [2.24, 2.45) is 5.92 Å². The summed E-state index contributed by atoms with van der Waals surface area (Å²) in [7, 11) is 1.50. The van der Waals surface area contributed by atoms with Crippen LogP contribution in [0.3, 0.4) is 0 Å². The van der Waals surface area contributed by atoms with Gasteiger partial charge in [0.05, 0.1) is 11.1 Å². The molecule has 0 bridgehead atoms. The van der Waals surface area contributed by atoms with E-state index in [2.05, 4.69) is 4.98 Å². The Labute approximate surface area is 154 Å². The first kappa shape index (κ1) is 20.1. The Hall–Kier alpha value is -2.22. The molecule has 2 rings (SSSR count). The van der Waals surface area contributed by atoms with Crippen LogP contribution in [0, 0.1) is 5.92 Å². The van der Waals surface area contributed by atoms with Gasteiger partial charge in [-0.25, -0.2) is 0 Å². The van der Waals surface area contributed by atoms with Crippen LogP contribution < -0.4 is 0 Å². The Morgan fingerprint density at radius 1 is 1.35 bits per heavy atom. The second kappa shape index (κ2) is 7.57. The Morgan fingerprint density at radius 2 is 2.00 bits per heavy atom. The fraction of sp³-hybridized carbons (Fsp3) is 0.389. The molecule has 0 aliphatic heterocycles. The lowest BCUT2D eigenvalue weighted by atomic mass is 10.00. The number of carboxylic acids is 1. The van der Waals surface area contributed by atoms with Gasteiger partial charge in [-0.2, -0.15) is 13.2 Å². The van der Waals surface area contributed by atoms with Crippen LogP contribution in [0.25, 0.3) is 10.9 Å². The molecule has 0 saturated heterocycles. The van der Waals surface area contributed by atoms with E-state index >= 15 is 0 Å². The van der Waals surface area contributed by atoms with E-state index in [-0.39, 0.29) is 28.4 Å². The SMILES string of the molecule is CC(C)Cc1cc(C(=S)N(C)CC(=O)O)c2cccc(C(F)(F)F)c2n1. The summed E-state index contributed by atoms with van der Waals surface area (Å²) in [5, 5.41) is 9.21. The second-order valence-electron chi connectivity index (χ2n) is 6.51. The fourth-order valence-corrected chi connectivity index (χ4v) is 2.94. The predicted octanol–water partition coefficient (Wildman–Crippen LogP) is 4.14. The molecule has 0 aliphatic carbocycles. The first-order valence-electron chi connectivity index (χ1n) is 7.97. The quantitative estimate of drug-likeness (QED) is 0.785. The van der Waals surface area contributed by atoms with Gasteiger partial charge in [-0.3, -0.25) is 9.78 Å². The predicted molar refractivity (Wildman–Crippen MR) is 97.3 cm³/mol. The summed E-state index contributed by atoms with van der Waals surface area (Å²) in [4.78, 5) is 16.7. The molecule has 26 heavy (non-hydrogen) atoms. The number of aromatic nitrogens is 1. The molecule has 2 aromatic rings. The number of benzene rings is 1. The molecule has 0 fully saturated rings. The van der Waals surface area contributed by atoms with Gasteiger partial charge in [0.15, 0.2) is 0 Å². The topological polar surface area (TPSA) is 53.4 Å². The number of pyridine rings is 1. The van der Waals surface area contributed by atoms with Crippen molar-refractivity contribution in [1.29, 1.82) is 0 Å². The maximum Gasteiger partial charge on any atom is 0.418 e. The van der Waals surface area contributed by atoms with Gasteiger partial charge in [0.1, 0.15) is 11.5 Å². The number of halogens is 3. The number of thiocarbonyl (C=S) groups is 1. The van der Waals surface area contributed by atoms with E-state index in [0.29, 0.717) is 17.7 Å². The molecule has 140 valence electrons. The van der Waals surface area contributed by atoms with Crippen molar-refractivity contribution >= 4 is 34.1 Å². The number of para-hydroxylation sites is 1. The summed E-state index contributed by atoms with van der Waals surface area (Å²) in [5.74, 6) is -0.886. The van der Waals surface area contributed by atoms with Crippen molar-refractivity contribution in [1.82, 2.24) is 9.88 Å². The smallest absolute Gasteiger partial charge is 0.418 e. The van der Waals surface area contributed by atoms with Crippen molar-refractivity contribution in [2.75, 3.05) is 13.6 Å². The normalized spacial score (nSPS) is 11.8. The van der Waals surface area contributed by atoms with Gasteiger partial charge in [-0.05, 0) is 24.5 Å². The molecule has 1 heterocycles. The number of fused-ring (bicyclic) bond motifs is 1. The largest absolute Gasteiger partial charge is 0.480 e. The Morgan fingerprint density at radius 3 is 2.54 bits per heavy atom. The summed E-state index contributed by atoms with van der Waals surface area (Å²) < 4.78 is 40.2. The van der Waals surface area contributed by atoms with E-state index in [0.717, 1.165) is 6.07 Å². The van der Waals surface area contributed by atoms with Crippen molar-refractivity contribution in [2.45, 2.75) is 26.4 Å². The minimum Gasteiger partial charge on any atom is -0.480 e. The van der Waals surface area contributed by atoms with Crippen LogP contribution in [0.15, 0.2) is 24.3 Å². The maximum absolute atomic E-state index is 13.4. The highest BCUT2D eigenvalue weighted by molar-refractivity contribution is 7.80. The molecular formula is C18H19F3N2O2S. The molecule has 0 atom stereocenters. The van der Waals surface area contributed by atoms with E-state index in [9.17, 15) is 18.0 Å². The number of carboxylic acid groups (broad SMARTS) is 1. The van der Waals surface area contributed by atoms with Crippen LogP contribution in [0.2, 0.25) is 0 Å². The highest BCUT2D eigenvalue weighted by Crippen LogP contribution is 2.35. The molecule has 8 heteroatoms. The Balaban J connectivity index is 2.71. The highest BCUT2D eigenvalue weighted by Gasteiger charge is 2.34. The van der Waals surface area contributed by atoms with Gasteiger partial charge in [-0.1, -0.05) is 38.2 Å². The van der Waals surface area contributed by atoms with Gasteiger partial charge in [0.25, 0.3) is 0 Å². The molecule has 0 radical (unpaired) electrons. The van der Waals surface area contributed by atoms with E-state index < -0.39 is 17.7 Å². The summed E-state index contributed by atoms with van der Waals surface area (Å²) in [6, 6.07) is 5.47. The molecular weight excluding hydrogens is 365 g/mol. The number of rotatable bonds is 5. The van der Waals surface area contributed by atoms with Crippen LogP contribution in [0.1, 0.15) is 30.7 Å². The number of hydrogen-bond donors (Lipinski definition) is 1. The second-order valence-corrected chi connectivity index (χ2v) is 6.90. The van der Waals surface area contributed by atoms with Gasteiger partial charge in [-0.15, -0.1) is 0 Å². The molecule has 1 aromatic heterocycles. The van der Waals surface area contributed by atoms with Gasteiger partial charge in [0.2, 0.25) is 0 Å². The average molecular weight is 384 g/mol. The van der Waals surface area contributed by atoms with Crippen molar-refractivity contribution in [3.8, 4) is 0 Å². The third kappa shape index (κ3) is 4.49. The van der Waals surface area contributed by atoms with E-state index in [1.54, 1.807) is 6.07 Å². The molecule has 0 amide bonds. The number of alkyl halides is 3. The number of aliphatic carboxylic acids is 1. The van der Waals surface area contributed by atoms with Crippen LogP contribution in [-0.4, -0.2) is 39.5 Å². The number of hydrogen-bond acceptors (Lipinski definition) is 3. The number of carbonyl (C=O) groups is 1. The van der Waals surface area contributed by atoms with Crippen LogP contribution in [0.4, 0.5) is 13.2 Å². The lowest BCUT2D eigenvalue weighted by Crippen LogP contribution is -2.31. The first-order chi connectivity index (χ1) is 12.0. The average Bonchev–Trinajstić information content (AvgIpc) is 2.50. The van der Waals surface area contributed by atoms with Gasteiger partial charge >= 0.3 is 12.1 Å². The van der Waals surface area contributed by atoms with Crippen molar-refractivity contribution in [3.63, 3.8) is 0 Å². The van der Waals surface area contributed by atoms with Crippen molar-refractivity contribution < 1.29 is 23.1 Å². The monoisotopic (exact) mass is 384 g/mol. The zero-order chi connectivity index (χ0) is 19.6. The minimum absolute atomic E-state index is 0.167. The lowest BCUT2D eigenvalue weighted by molar-refractivity contribution is -0.137. The van der Waals surface area contributed by atoms with Crippen LogP contribution in [-0.2, 0) is 17.4 Å². The lowest BCUT2D eigenvalue weighted by Gasteiger charge is -2.21. The number of likely N-dealkylation sites (N-methyl/N-ethyl adjacent to an activating group) is 1. The van der Waals surface area contributed by atoms with Gasteiger partial charge < -0.3 is 10.0 Å². The molecule has 4 nitrogen and oxygen atoms in total. The van der Waals surface area contributed by atoms with E-state index in [1.165, 1.54) is 24.1 Å².